The van der Waals surface area contributed by atoms with Crippen LogP contribution in [0.4, 0.5) is 0 Å². The van der Waals surface area contributed by atoms with Gasteiger partial charge in [-0.05, 0) is 26.7 Å². The summed E-state index contributed by atoms with van der Waals surface area (Å²) >= 11 is 0. The van der Waals surface area contributed by atoms with E-state index in [2.05, 4.69) is 18.7 Å². The molecule has 0 aromatic carbocycles. The summed E-state index contributed by atoms with van der Waals surface area (Å²) in [6.45, 7) is 6.82. The summed E-state index contributed by atoms with van der Waals surface area (Å²) in [6.07, 6.45) is 2.15. The highest BCUT2D eigenvalue weighted by molar-refractivity contribution is 5.77. The van der Waals surface area contributed by atoms with Crippen molar-refractivity contribution >= 4 is 5.91 Å². The Morgan fingerprint density at radius 1 is 1.44 bits per heavy atom. The predicted molar refractivity (Wildman–Crippen MR) is 64.4 cm³/mol. The summed E-state index contributed by atoms with van der Waals surface area (Å²) in [4.78, 5) is 16.0. The Morgan fingerprint density at radius 2 is 2.00 bits per heavy atom. The lowest BCUT2D eigenvalue weighted by molar-refractivity contribution is -0.136. The van der Waals surface area contributed by atoms with Crippen molar-refractivity contribution in [3.63, 3.8) is 0 Å². The molecule has 0 unspecified atom stereocenters. The molecule has 1 rings (SSSR count). The number of amides is 1. The van der Waals surface area contributed by atoms with Crippen LogP contribution in [0.2, 0.25) is 0 Å². The van der Waals surface area contributed by atoms with E-state index in [4.69, 9.17) is 4.74 Å². The van der Waals surface area contributed by atoms with Crippen molar-refractivity contribution in [2.24, 2.45) is 0 Å². The third kappa shape index (κ3) is 3.46. The van der Waals surface area contributed by atoms with Crippen LogP contribution < -0.4 is 0 Å². The Balaban J connectivity index is 2.38. The second kappa shape index (κ2) is 6.21. The summed E-state index contributed by atoms with van der Waals surface area (Å²) in [7, 11) is 3.45. The average Bonchev–Trinajstić information content (AvgIpc) is 2.28. The fraction of sp³-hybridized carbons (Fsp3) is 0.917. The maximum atomic E-state index is 11.6. The predicted octanol–water partition coefficient (Wildman–Crippen LogP) is 0.964. The lowest BCUT2D eigenvalue weighted by Crippen LogP contribution is -2.48. The van der Waals surface area contributed by atoms with Crippen LogP contribution in [-0.4, -0.2) is 61.6 Å². The van der Waals surface area contributed by atoms with Crippen molar-refractivity contribution < 1.29 is 9.53 Å². The number of hydrogen-bond acceptors (Lipinski definition) is 3. The van der Waals surface area contributed by atoms with Gasteiger partial charge in [0.2, 0.25) is 5.91 Å². The fourth-order valence-corrected chi connectivity index (χ4v) is 2.22. The fourth-order valence-electron chi connectivity index (χ4n) is 2.22. The molecule has 0 saturated carbocycles. The van der Waals surface area contributed by atoms with E-state index in [1.54, 1.807) is 7.11 Å². The smallest absolute Gasteiger partial charge is 0.248 e. The molecule has 94 valence electrons. The van der Waals surface area contributed by atoms with Crippen molar-refractivity contribution in [2.45, 2.75) is 38.8 Å². The molecule has 0 radical (unpaired) electrons. The first-order chi connectivity index (χ1) is 7.56. The van der Waals surface area contributed by atoms with Gasteiger partial charge in [-0.2, -0.15) is 0 Å². The number of carbonyl (C=O) groups is 1. The molecule has 1 saturated heterocycles. The Kier molecular flexibility index (Phi) is 5.22. The number of ether oxygens (including phenoxy) is 1. The highest BCUT2D eigenvalue weighted by Gasteiger charge is 2.25. The lowest BCUT2D eigenvalue weighted by Gasteiger charge is -2.38. The van der Waals surface area contributed by atoms with Crippen LogP contribution >= 0.6 is 0 Å². The zero-order valence-corrected chi connectivity index (χ0v) is 10.9. The van der Waals surface area contributed by atoms with Crippen LogP contribution in [0.3, 0.4) is 0 Å². The Hall–Kier alpha value is -0.610. The molecule has 16 heavy (non-hydrogen) atoms. The van der Waals surface area contributed by atoms with E-state index >= 15 is 0 Å². The van der Waals surface area contributed by atoms with Crippen molar-refractivity contribution in [3.05, 3.63) is 0 Å². The molecule has 0 aliphatic carbocycles. The molecule has 0 aromatic rings. The monoisotopic (exact) mass is 228 g/mol. The summed E-state index contributed by atoms with van der Waals surface area (Å²) in [5.41, 5.74) is 0. The van der Waals surface area contributed by atoms with E-state index in [9.17, 15) is 4.79 Å². The van der Waals surface area contributed by atoms with E-state index in [0.717, 1.165) is 25.9 Å². The van der Waals surface area contributed by atoms with Crippen molar-refractivity contribution in [2.75, 3.05) is 33.9 Å². The normalized spacial score (nSPS) is 19.1. The molecule has 1 heterocycles. The number of piperidine rings is 1. The van der Waals surface area contributed by atoms with Crippen LogP contribution in [0.15, 0.2) is 0 Å². The number of rotatable bonds is 4. The molecule has 1 aliphatic heterocycles. The van der Waals surface area contributed by atoms with Gasteiger partial charge in [-0.25, -0.2) is 0 Å². The second-order valence-corrected chi connectivity index (χ2v) is 4.80. The molecule has 1 aliphatic rings. The Morgan fingerprint density at radius 3 is 2.44 bits per heavy atom. The first kappa shape index (κ1) is 13.5. The standard InChI is InChI=1S/C12H24N2O2/c1-10(2)14-7-5-11(6-8-14)13(3)12(15)9-16-4/h10-11H,5-9H2,1-4H3. The molecule has 1 fully saturated rings. The summed E-state index contributed by atoms with van der Waals surface area (Å²) < 4.78 is 4.87. The van der Waals surface area contributed by atoms with Gasteiger partial charge in [-0.1, -0.05) is 0 Å². The third-order valence-corrected chi connectivity index (χ3v) is 3.44. The quantitative estimate of drug-likeness (QED) is 0.718. The zero-order chi connectivity index (χ0) is 12.1. The van der Waals surface area contributed by atoms with Gasteiger partial charge in [0.25, 0.3) is 0 Å². The minimum Gasteiger partial charge on any atom is -0.375 e. The SMILES string of the molecule is COCC(=O)N(C)C1CCN(C(C)C)CC1. The number of likely N-dealkylation sites (N-methyl/N-ethyl adjacent to an activating group) is 1. The average molecular weight is 228 g/mol. The topological polar surface area (TPSA) is 32.8 Å². The van der Waals surface area contributed by atoms with E-state index in [1.165, 1.54) is 0 Å². The number of carbonyl (C=O) groups excluding carboxylic acids is 1. The van der Waals surface area contributed by atoms with Gasteiger partial charge in [-0.3, -0.25) is 4.79 Å². The van der Waals surface area contributed by atoms with Crippen LogP contribution in [-0.2, 0) is 9.53 Å². The first-order valence-corrected chi connectivity index (χ1v) is 6.05. The number of hydrogen-bond donors (Lipinski definition) is 0. The maximum absolute atomic E-state index is 11.6. The van der Waals surface area contributed by atoms with E-state index < -0.39 is 0 Å². The number of likely N-dealkylation sites (tertiary alicyclic amines) is 1. The molecule has 0 spiro atoms. The van der Waals surface area contributed by atoms with Crippen LogP contribution in [0, 0.1) is 0 Å². The van der Waals surface area contributed by atoms with Crippen molar-refractivity contribution in [1.82, 2.24) is 9.80 Å². The van der Waals surface area contributed by atoms with E-state index in [0.29, 0.717) is 12.1 Å². The van der Waals surface area contributed by atoms with Gasteiger partial charge in [0.15, 0.2) is 0 Å². The van der Waals surface area contributed by atoms with E-state index in [-0.39, 0.29) is 12.5 Å². The largest absolute Gasteiger partial charge is 0.375 e. The van der Waals surface area contributed by atoms with E-state index in [1.807, 2.05) is 11.9 Å². The first-order valence-electron chi connectivity index (χ1n) is 6.05. The van der Waals surface area contributed by atoms with Gasteiger partial charge >= 0.3 is 0 Å². The molecular weight excluding hydrogens is 204 g/mol. The Labute approximate surface area is 98.5 Å². The minimum atomic E-state index is 0.0884. The van der Waals surface area contributed by atoms with Gasteiger partial charge in [0, 0.05) is 39.3 Å². The zero-order valence-electron chi connectivity index (χ0n) is 10.9. The molecular formula is C12H24N2O2. The second-order valence-electron chi connectivity index (χ2n) is 4.80. The number of methoxy groups -OCH3 is 1. The summed E-state index contributed by atoms with van der Waals surface area (Å²) in [5, 5.41) is 0. The summed E-state index contributed by atoms with van der Waals surface area (Å²) in [5.74, 6) is 0.0884. The molecule has 4 heteroatoms. The summed E-state index contributed by atoms with van der Waals surface area (Å²) in [6, 6.07) is 0.999. The number of nitrogens with zero attached hydrogens (tertiary/aromatic N) is 2. The van der Waals surface area contributed by atoms with Crippen LogP contribution in [0.25, 0.3) is 0 Å². The molecule has 0 N–H and O–H groups in total. The highest BCUT2D eigenvalue weighted by atomic mass is 16.5. The molecule has 1 amide bonds. The Bertz CT molecular complexity index is 223. The van der Waals surface area contributed by atoms with Crippen molar-refractivity contribution in [3.8, 4) is 0 Å². The van der Waals surface area contributed by atoms with Gasteiger partial charge < -0.3 is 14.5 Å². The molecule has 0 atom stereocenters. The van der Waals surface area contributed by atoms with Gasteiger partial charge in [0.05, 0.1) is 0 Å². The molecule has 0 aromatic heterocycles. The lowest BCUT2D eigenvalue weighted by atomic mass is 10.0. The minimum absolute atomic E-state index is 0.0884. The molecule has 4 nitrogen and oxygen atoms in total. The maximum Gasteiger partial charge on any atom is 0.248 e. The third-order valence-electron chi connectivity index (χ3n) is 3.44. The molecule has 0 bridgehead atoms. The van der Waals surface area contributed by atoms with Crippen LogP contribution in [0.5, 0.6) is 0 Å². The highest BCUT2D eigenvalue weighted by Crippen LogP contribution is 2.17. The van der Waals surface area contributed by atoms with Gasteiger partial charge in [-0.15, -0.1) is 0 Å². The van der Waals surface area contributed by atoms with Crippen molar-refractivity contribution in [1.29, 1.82) is 0 Å². The van der Waals surface area contributed by atoms with Crippen LogP contribution in [0.1, 0.15) is 26.7 Å². The van der Waals surface area contributed by atoms with Gasteiger partial charge in [0.1, 0.15) is 6.61 Å².